The van der Waals surface area contributed by atoms with E-state index in [4.69, 9.17) is 9.47 Å². The van der Waals surface area contributed by atoms with Gasteiger partial charge in [0.1, 0.15) is 17.2 Å². The van der Waals surface area contributed by atoms with Crippen LogP contribution in [-0.4, -0.2) is 50.4 Å². The minimum Gasteiger partial charge on any atom is -0.508 e. The minimum atomic E-state index is 0. The van der Waals surface area contributed by atoms with Crippen LogP contribution in [0.1, 0.15) is 30.9 Å². The number of nitrogens with zero attached hydrogens (tertiary/aromatic N) is 1. The second-order valence-corrected chi connectivity index (χ2v) is 6.19. The summed E-state index contributed by atoms with van der Waals surface area (Å²) in [6, 6.07) is 3.71. The van der Waals surface area contributed by atoms with Crippen LogP contribution in [0.15, 0.2) is 12.1 Å². The summed E-state index contributed by atoms with van der Waals surface area (Å²) in [5, 5.41) is 13.3. The van der Waals surface area contributed by atoms with Crippen LogP contribution in [0.25, 0.3) is 0 Å². The summed E-state index contributed by atoms with van der Waals surface area (Å²) in [7, 11) is 3.32. The molecular weight excluding hydrogens is 351 g/mol. The molecule has 2 N–H and O–H groups in total. The summed E-state index contributed by atoms with van der Waals surface area (Å²) in [6.45, 7) is 4.11. The van der Waals surface area contributed by atoms with Crippen LogP contribution in [0.2, 0.25) is 0 Å². The van der Waals surface area contributed by atoms with Crippen molar-refractivity contribution >= 4 is 24.8 Å². The van der Waals surface area contributed by atoms with Gasteiger partial charge < -0.3 is 19.9 Å². The molecule has 2 fully saturated rings. The van der Waals surface area contributed by atoms with Crippen molar-refractivity contribution in [3.63, 3.8) is 0 Å². The Morgan fingerprint density at radius 1 is 1.08 bits per heavy atom. The lowest BCUT2D eigenvalue weighted by molar-refractivity contribution is 0.0798. The normalized spacial score (nSPS) is 19.4. The predicted octanol–water partition coefficient (Wildman–Crippen LogP) is 3.00. The fraction of sp³-hybridized carbons (Fsp3) is 0.647. The first-order valence-corrected chi connectivity index (χ1v) is 8.14. The molecule has 24 heavy (non-hydrogen) atoms. The highest BCUT2D eigenvalue weighted by Gasteiger charge is 2.37. The lowest BCUT2D eigenvalue weighted by Crippen LogP contribution is -2.48. The first kappa shape index (κ1) is 21.2. The third-order valence-corrected chi connectivity index (χ3v) is 4.97. The van der Waals surface area contributed by atoms with Crippen molar-refractivity contribution in [3.05, 3.63) is 17.7 Å². The highest BCUT2D eigenvalue weighted by molar-refractivity contribution is 5.85. The van der Waals surface area contributed by atoms with Crippen LogP contribution in [0.4, 0.5) is 0 Å². The maximum absolute atomic E-state index is 9.90. The average Bonchev–Trinajstić information content (AvgIpc) is 2.51. The van der Waals surface area contributed by atoms with Gasteiger partial charge in [-0.25, -0.2) is 0 Å². The lowest BCUT2D eigenvalue weighted by Gasteiger charge is -2.44. The van der Waals surface area contributed by atoms with Crippen molar-refractivity contribution in [3.8, 4) is 17.2 Å². The molecule has 3 rings (SSSR count). The molecule has 0 unspecified atom stereocenters. The van der Waals surface area contributed by atoms with Gasteiger partial charge in [0.25, 0.3) is 0 Å². The second-order valence-electron chi connectivity index (χ2n) is 6.19. The van der Waals surface area contributed by atoms with Gasteiger partial charge in [-0.05, 0) is 18.8 Å². The third kappa shape index (κ3) is 4.20. The van der Waals surface area contributed by atoms with E-state index in [1.807, 2.05) is 0 Å². The molecule has 1 atom stereocenters. The first-order valence-electron chi connectivity index (χ1n) is 8.14. The van der Waals surface area contributed by atoms with Crippen LogP contribution in [0, 0.1) is 5.92 Å². The number of phenols is 1. The summed E-state index contributed by atoms with van der Waals surface area (Å²) < 4.78 is 11.2. The Kier molecular flexibility index (Phi) is 8.43. The smallest absolute Gasteiger partial charge is 0.131 e. The van der Waals surface area contributed by atoms with E-state index < -0.39 is 0 Å². The third-order valence-electron chi connectivity index (χ3n) is 4.97. The Balaban J connectivity index is 0.00000144. The van der Waals surface area contributed by atoms with Crippen LogP contribution in [-0.2, 0) is 0 Å². The fourth-order valence-electron chi connectivity index (χ4n) is 3.65. The molecule has 7 heteroatoms. The van der Waals surface area contributed by atoms with Gasteiger partial charge >= 0.3 is 0 Å². The van der Waals surface area contributed by atoms with Crippen LogP contribution in [0.5, 0.6) is 17.2 Å². The van der Waals surface area contributed by atoms with E-state index in [1.54, 1.807) is 26.4 Å². The lowest BCUT2D eigenvalue weighted by atomic mass is 9.75. The Morgan fingerprint density at radius 3 is 2.04 bits per heavy atom. The van der Waals surface area contributed by atoms with Gasteiger partial charge in [0.05, 0.1) is 19.8 Å². The van der Waals surface area contributed by atoms with Gasteiger partial charge in [-0.15, -0.1) is 24.8 Å². The second kappa shape index (κ2) is 9.56. The number of aromatic hydroxyl groups is 1. The molecule has 0 aromatic heterocycles. The molecule has 0 spiro atoms. The summed E-state index contributed by atoms with van der Waals surface area (Å²) in [5.41, 5.74) is 1.09. The Bertz CT molecular complexity index is 496. The minimum absolute atomic E-state index is 0. The maximum Gasteiger partial charge on any atom is 0.131 e. The Morgan fingerprint density at radius 2 is 1.62 bits per heavy atom. The number of benzene rings is 1. The zero-order valence-electron chi connectivity index (χ0n) is 14.3. The molecule has 138 valence electrons. The van der Waals surface area contributed by atoms with E-state index in [0.29, 0.717) is 12.0 Å². The number of methoxy groups -OCH3 is 2. The van der Waals surface area contributed by atoms with Gasteiger partial charge in [-0.3, -0.25) is 4.90 Å². The predicted molar refractivity (Wildman–Crippen MR) is 100 cm³/mol. The number of halogens is 2. The fourth-order valence-corrected chi connectivity index (χ4v) is 3.65. The zero-order chi connectivity index (χ0) is 15.5. The molecule has 1 aromatic rings. The van der Waals surface area contributed by atoms with Crippen molar-refractivity contribution in [2.24, 2.45) is 5.92 Å². The zero-order valence-corrected chi connectivity index (χ0v) is 15.9. The van der Waals surface area contributed by atoms with Gasteiger partial charge in [0, 0.05) is 44.4 Å². The Labute approximate surface area is 156 Å². The van der Waals surface area contributed by atoms with Crippen molar-refractivity contribution in [1.82, 2.24) is 10.2 Å². The van der Waals surface area contributed by atoms with E-state index in [-0.39, 0.29) is 30.6 Å². The van der Waals surface area contributed by atoms with Gasteiger partial charge in [0.15, 0.2) is 0 Å². The molecule has 0 radical (unpaired) electrons. The van der Waals surface area contributed by atoms with Crippen LogP contribution in [0.3, 0.4) is 0 Å². The van der Waals surface area contributed by atoms with Crippen molar-refractivity contribution in [2.75, 3.05) is 40.4 Å². The molecule has 0 amide bonds. The Hall–Kier alpha value is -0.880. The summed E-state index contributed by atoms with van der Waals surface area (Å²) in [6.07, 6.45) is 3.81. The molecule has 1 aromatic carbocycles. The molecule has 0 bridgehead atoms. The monoisotopic (exact) mass is 378 g/mol. The standard InChI is InChI=1S/C17H26N2O3.2ClH/c1-21-14-10-13(20)11-15(22-2)16(14)17(12-4-3-5-12)19-8-6-18-7-9-19;;/h10-12,17-18,20H,3-9H2,1-2H3;2*1H/t17-;;/m0../s1. The number of rotatable bonds is 5. The first-order chi connectivity index (χ1) is 10.7. The van der Waals surface area contributed by atoms with Gasteiger partial charge in [0.2, 0.25) is 0 Å². The van der Waals surface area contributed by atoms with Crippen molar-refractivity contribution in [2.45, 2.75) is 25.3 Å². The van der Waals surface area contributed by atoms with E-state index in [9.17, 15) is 5.11 Å². The van der Waals surface area contributed by atoms with Crippen LogP contribution < -0.4 is 14.8 Å². The molecule has 1 aliphatic heterocycles. The number of hydrogen-bond acceptors (Lipinski definition) is 5. The van der Waals surface area contributed by atoms with E-state index in [0.717, 1.165) is 43.2 Å². The van der Waals surface area contributed by atoms with E-state index >= 15 is 0 Å². The molecule has 1 saturated heterocycles. The summed E-state index contributed by atoms with van der Waals surface area (Å²) in [4.78, 5) is 2.54. The number of ether oxygens (including phenoxy) is 2. The van der Waals surface area contributed by atoms with Gasteiger partial charge in [-0.2, -0.15) is 0 Å². The summed E-state index contributed by atoms with van der Waals surface area (Å²) >= 11 is 0. The van der Waals surface area contributed by atoms with Crippen molar-refractivity contribution < 1.29 is 14.6 Å². The molecule has 1 aliphatic carbocycles. The maximum atomic E-state index is 9.90. The van der Waals surface area contributed by atoms with Gasteiger partial charge in [-0.1, -0.05) is 6.42 Å². The average molecular weight is 379 g/mol. The highest BCUT2D eigenvalue weighted by Crippen LogP contribution is 2.48. The number of nitrogens with one attached hydrogen (secondary N) is 1. The molecule has 1 saturated carbocycles. The SMILES string of the molecule is COc1cc(O)cc(OC)c1[C@H](C1CCC1)N1CCNCC1.Cl.Cl. The molecular formula is C17H28Cl2N2O3. The topological polar surface area (TPSA) is 54.0 Å². The largest absolute Gasteiger partial charge is 0.508 e. The van der Waals surface area contributed by atoms with E-state index in [1.165, 1.54) is 19.3 Å². The molecule has 1 heterocycles. The van der Waals surface area contributed by atoms with Crippen LogP contribution >= 0.6 is 24.8 Å². The number of piperazine rings is 1. The van der Waals surface area contributed by atoms with Crippen molar-refractivity contribution in [1.29, 1.82) is 0 Å². The quantitative estimate of drug-likeness (QED) is 0.824. The highest BCUT2D eigenvalue weighted by atomic mass is 35.5. The molecule has 5 nitrogen and oxygen atoms in total. The molecule has 2 aliphatic rings. The number of phenolic OH excluding ortho intramolecular Hbond substituents is 1. The van der Waals surface area contributed by atoms with E-state index in [2.05, 4.69) is 10.2 Å². The number of hydrogen-bond donors (Lipinski definition) is 2. The summed E-state index contributed by atoms with van der Waals surface area (Å²) in [5.74, 6) is 2.29.